The van der Waals surface area contributed by atoms with Crippen molar-refractivity contribution in [1.82, 2.24) is 10.6 Å². The van der Waals surface area contributed by atoms with E-state index in [2.05, 4.69) is 10.6 Å². The minimum atomic E-state index is -0.347. The first-order valence-corrected chi connectivity index (χ1v) is 8.78. The number of fused-ring (bicyclic) bond motifs is 1. The van der Waals surface area contributed by atoms with Crippen LogP contribution >= 0.6 is 0 Å². The van der Waals surface area contributed by atoms with E-state index in [4.69, 9.17) is 4.74 Å². The lowest BCUT2D eigenvalue weighted by atomic mass is 10.00. The second kappa shape index (κ2) is 8.36. The molecule has 0 bridgehead atoms. The summed E-state index contributed by atoms with van der Waals surface area (Å²) in [6.07, 6.45) is 0. The smallest absolute Gasteiger partial charge is 0.255 e. The third kappa shape index (κ3) is 4.26. The van der Waals surface area contributed by atoms with Gasteiger partial charge in [-0.3, -0.25) is 9.59 Å². The molecule has 27 heavy (non-hydrogen) atoms. The van der Waals surface area contributed by atoms with Crippen molar-refractivity contribution in [3.63, 3.8) is 0 Å². The summed E-state index contributed by atoms with van der Waals surface area (Å²) in [7, 11) is 1.50. The maximum atomic E-state index is 12.3. The van der Waals surface area contributed by atoms with Gasteiger partial charge in [-0.2, -0.15) is 0 Å². The van der Waals surface area contributed by atoms with Crippen molar-refractivity contribution in [2.24, 2.45) is 0 Å². The van der Waals surface area contributed by atoms with Crippen molar-refractivity contribution < 1.29 is 14.3 Å². The molecular formula is C22H22N2O3. The van der Waals surface area contributed by atoms with Gasteiger partial charge >= 0.3 is 0 Å². The minimum absolute atomic E-state index is 0.105. The third-order valence-corrected chi connectivity index (χ3v) is 4.43. The Kier molecular flexibility index (Phi) is 5.71. The first-order chi connectivity index (χ1) is 13.1. The van der Waals surface area contributed by atoms with Gasteiger partial charge in [0.05, 0.1) is 25.3 Å². The summed E-state index contributed by atoms with van der Waals surface area (Å²) in [5, 5.41) is 7.80. The number of nitrogens with one attached hydrogen (secondary N) is 2. The summed E-state index contributed by atoms with van der Waals surface area (Å²) in [6.45, 7) is 1.83. The molecule has 3 rings (SSSR count). The standard InChI is InChI=1S/C22H22N2O3/c1-15(17-12-7-9-16-8-3-4-10-18(16)17)24-21(25)14-23-22(26)19-11-5-6-13-20(19)27-2/h3-13,15H,14H2,1-2H3,(H,23,26)(H,24,25). The number of ether oxygens (including phenoxy) is 1. The first kappa shape index (κ1) is 18.5. The van der Waals surface area contributed by atoms with Crippen molar-refractivity contribution in [2.75, 3.05) is 13.7 Å². The molecule has 5 nitrogen and oxygen atoms in total. The summed E-state index contributed by atoms with van der Waals surface area (Å²) in [4.78, 5) is 24.6. The number of methoxy groups -OCH3 is 1. The van der Waals surface area contributed by atoms with E-state index in [-0.39, 0.29) is 24.4 Å². The molecule has 0 saturated heterocycles. The van der Waals surface area contributed by atoms with E-state index < -0.39 is 0 Å². The Morgan fingerprint density at radius 1 is 0.963 bits per heavy atom. The maximum absolute atomic E-state index is 12.3. The van der Waals surface area contributed by atoms with Gasteiger partial charge < -0.3 is 15.4 Å². The molecule has 2 N–H and O–H groups in total. The average molecular weight is 362 g/mol. The predicted octanol–water partition coefficient (Wildman–Crippen LogP) is 3.46. The minimum Gasteiger partial charge on any atom is -0.496 e. The number of rotatable bonds is 6. The van der Waals surface area contributed by atoms with Gasteiger partial charge in [-0.05, 0) is 35.4 Å². The zero-order valence-electron chi connectivity index (χ0n) is 15.4. The van der Waals surface area contributed by atoms with Crippen LogP contribution in [0.1, 0.15) is 28.9 Å². The number of benzene rings is 3. The molecule has 2 amide bonds. The molecule has 0 aliphatic rings. The lowest BCUT2D eigenvalue weighted by Crippen LogP contribution is -2.38. The van der Waals surface area contributed by atoms with Crippen LogP contribution in [0.5, 0.6) is 5.75 Å². The van der Waals surface area contributed by atoms with Gasteiger partial charge in [-0.1, -0.05) is 54.6 Å². The predicted molar refractivity (Wildman–Crippen MR) is 106 cm³/mol. The van der Waals surface area contributed by atoms with Gasteiger partial charge in [0.25, 0.3) is 5.91 Å². The van der Waals surface area contributed by atoms with Gasteiger partial charge in [-0.25, -0.2) is 0 Å². The highest BCUT2D eigenvalue weighted by Gasteiger charge is 2.15. The molecule has 1 unspecified atom stereocenters. The molecule has 0 fully saturated rings. The van der Waals surface area contributed by atoms with Gasteiger partial charge in [0.2, 0.25) is 5.91 Å². The highest BCUT2D eigenvalue weighted by molar-refractivity contribution is 5.98. The zero-order valence-corrected chi connectivity index (χ0v) is 15.4. The SMILES string of the molecule is COc1ccccc1C(=O)NCC(=O)NC(C)c1cccc2ccccc12. The zero-order chi connectivity index (χ0) is 19.2. The van der Waals surface area contributed by atoms with Crippen molar-refractivity contribution in [3.05, 3.63) is 77.9 Å². The van der Waals surface area contributed by atoms with Crippen LogP contribution in [0, 0.1) is 0 Å². The molecule has 1 atom stereocenters. The van der Waals surface area contributed by atoms with Crippen molar-refractivity contribution in [3.8, 4) is 5.75 Å². The normalized spacial score (nSPS) is 11.6. The summed E-state index contributed by atoms with van der Waals surface area (Å²) in [5.41, 5.74) is 1.44. The molecule has 3 aromatic carbocycles. The van der Waals surface area contributed by atoms with E-state index >= 15 is 0 Å². The third-order valence-electron chi connectivity index (χ3n) is 4.43. The van der Waals surface area contributed by atoms with Crippen LogP contribution in [0.15, 0.2) is 66.7 Å². The molecule has 0 radical (unpaired) electrons. The Morgan fingerprint density at radius 2 is 1.67 bits per heavy atom. The number of para-hydroxylation sites is 1. The number of hydrogen-bond acceptors (Lipinski definition) is 3. The van der Waals surface area contributed by atoms with Crippen LogP contribution in [-0.4, -0.2) is 25.5 Å². The molecule has 0 aliphatic carbocycles. The fourth-order valence-corrected chi connectivity index (χ4v) is 3.09. The van der Waals surface area contributed by atoms with E-state index in [0.717, 1.165) is 16.3 Å². The van der Waals surface area contributed by atoms with E-state index in [9.17, 15) is 9.59 Å². The van der Waals surface area contributed by atoms with Crippen LogP contribution in [-0.2, 0) is 4.79 Å². The quantitative estimate of drug-likeness (QED) is 0.706. The summed E-state index contributed by atoms with van der Waals surface area (Å²) >= 11 is 0. The Morgan fingerprint density at radius 3 is 2.48 bits per heavy atom. The monoisotopic (exact) mass is 362 g/mol. The van der Waals surface area contributed by atoms with Gasteiger partial charge in [0.1, 0.15) is 5.75 Å². The molecule has 0 spiro atoms. The lowest BCUT2D eigenvalue weighted by Gasteiger charge is -2.17. The number of carbonyl (C=O) groups is 2. The van der Waals surface area contributed by atoms with E-state index in [1.54, 1.807) is 24.3 Å². The molecule has 0 aromatic heterocycles. The van der Waals surface area contributed by atoms with Crippen LogP contribution in [0.4, 0.5) is 0 Å². The van der Waals surface area contributed by atoms with Crippen molar-refractivity contribution in [1.29, 1.82) is 0 Å². The van der Waals surface area contributed by atoms with Crippen molar-refractivity contribution in [2.45, 2.75) is 13.0 Å². The van der Waals surface area contributed by atoms with Gasteiger partial charge in [0.15, 0.2) is 0 Å². The fraction of sp³-hybridized carbons (Fsp3) is 0.182. The fourth-order valence-electron chi connectivity index (χ4n) is 3.09. The second-order valence-corrected chi connectivity index (χ2v) is 6.24. The van der Waals surface area contributed by atoms with Crippen LogP contribution in [0.25, 0.3) is 10.8 Å². The summed E-state index contributed by atoms with van der Waals surface area (Å²) in [6, 6.07) is 20.8. The van der Waals surface area contributed by atoms with Crippen LogP contribution < -0.4 is 15.4 Å². The molecule has 0 aliphatic heterocycles. The molecule has 5 heteroatoms. The Hall–Kier alpha value is -3.34. The van der Waals surface area contributed by atoms with E-state index in [1.807, 2.05) is 49.4 Å². The molecule has 3 aromatic rings. The summed E-state index contributed by atoms with van der Waals surface area (Å²) < 4.78 is 5.18. The number of hydrogen-bond donors (Lipinski definition) is 2. The average Bonchev–Trinajstić information content (AvgIpc) is 2.71. The highest BCUT2D eigenvalue weighted by atomic mass is 16.5. The summed E-state index contributed by atoms with van der Waals surface area (Å²) in [5.74, 6) is -0.126. The number of amides is 2. The van der Waals surface area contributed by atoms with Crippen LogP contribution in [0.3, 0.4) is 0 Å². The van der Waals surface area contributed by atoms with E-state index in [0.29, 0.717) is 11.3 Å². The molecule has 0 heterocycles. The highest BCUT2D eigenvalue weighted by Crippen LogP contribution is 2.24. The van der Waals surface area contributed by atoms with Gasteiger partial charge in [-0.15, -0.1) is 0 Å². The van der Waals surface area contributed by atoms with Gasteiger partial charge in [0, 0.05) is 0 Å². The molecule has 138 valence electrons. The van der Waals surface area contributed by atoms with Crippen LogP contribution in [0.2, 0.25) is 0 Å². The second-order valence-electron chi connectivity index (χ2n) is 6.24. The molecule has 0 saturated carbocycles. The largest absolute Gasteiger partial charge is 0.496 e. The van der Waals surface area contributed by atoms with Crippen molar-refractivity contribution >= 4 is 22.6 Å². The Balaban J connectivity index is 1.63. The first-order valence-electron chi connectivity index (χ1n) is 8.78. The Labute approximate surface area is 158 Å². The molecular weight excluding hydrogens is 340 g/mol. The topological polar surface area (TPSA) is 67.4 Å². The number of carbonyl (C=O) groups excluding carboxylic acids is 2. The lowest BCUT2D eigenvalue weighted by molar-refractivity contribution is -0.120. The Bertz CT molecular complexity index is 963. The van der Waals surface area contributed by atoms with E-state index in [1.165, 1.54) is 7.11 Å². The maximum Gasteiger partial charge on any atom is 0.255 e.